The van der Waals surface area contributed by atoms with E-state index in [2.05, 4.69) is 0 Å². The molecule has 13 heavy (non-hydrogen) atoms. The molecule has 1 aliphatic rings. The first-order valence-electron chi connectivity index (χ1n) is 4.22. The van der Waals surface area contributed by atoms with Gasteiger partial charge < -0.3 is 0 Å². The summed E-state index contributed by atoms with van der Waals surface area (Å²) in [5, 5.41) is 8.34. The van der Waals surface area contributed by atoms with Crippen LogP contribution in [0.2, 0.25) is 0 Å². The highest BCUT2D eigenvalue weighted by molar-refractivity contribution is 7.89. The molecule has 0 aromatic heterocycles. The Morgan fingerprint density at radius 3 is 2.54 bits per heavy atom. The molecule has 4 nitrogen and oxygen atoms in total. The normalized spacial score (nSPS) is 22.8. The van der Waals surface area contributed by atoms with E-state index in [1.165, 1.54) is 4.31 Å². The van der Waals surface area contributed by atoms with Crippen molar-refractivity contribution in [1.29, 1.82) is 5.26 Å². The molecule has 0 aromatic rings. The van der Waals surface area contributed by atoms with E-state index in [9.17, 15) is 8.42 Å². The Bertz CT molecular complexity index is 327. The van der Waals surface area contributed by atoms with Gasteiger partial charge in [0, 0.05) is 13.1 Å². The molecule has 1 rings (SSSR count). The number of nitrogens with zero attached hydrogens (tertiary/aromatic N) is 2. The molecule has 0 N–H and O–H groups in total. The summed E-state index contributed by atoms with van der Waals surface area (Å²) in [6.45, 7) is 5.16. The minimum atomic E-state index is -3.31. The Kier molecular flexibility index (Phi) is 2.64. The molecule has 0 unspecified atom stereocenters. The molecule has 0 spiro atoms. The molecular formula is C8H14N2O2S. The van der Waals surface area contributed by atoms with Gasteiger partial charge >= 0.3 is 0 Å². The zero-order valence-electron chi connectivity index (χ0n) is 7.95. The van der Waals surface area contributed by atoms with Gasteiger partial charge in [0.2, 0.25) is 10.0 Å². The second-order valence-corrected chi connectivity index (χ2v) is 6.13. The average Bonchev–Trinajstić information content (AvgIpc) is 2.30. The maximum atomic E-state index is 11.4. The lowest BCUT2D eigenvalue weighted by Crippen LogP contribution is -2.31. The van der Waals surface area contributed by atoms with Gasteiger partial charge in [0.1, 0.15) is 0 Å². The molecular weight excluding hydrogens is 188 g/mol. The van der Waals surface area contributed by atoms with Gasteiger partial charge in [0.15, 0.2) is 5.75 Å². The van der Waals surface area contributed by atoms with Gasteiger partial charge in [-0.05, 0) is 11.8 Å². The van der Waals surface area contributed by atoms with E-state index in [1.807, 2.05) is 13.8 Å². The van der Waals surface area contributed by atoms with Gasteiger partial charge in [-0.2, -0.15) is 5.26 Å². The van der Waals surface area contributed by atoms with Gasteiger partial charge in [-0.15, -0.1) is 0 Å². The lowest BCUT2D eigenvalue weighted by atomic mass is 9.93. The van der Waals surface area contributed by atoms with E-state index < -0.39 is 15.8 Å². The number of sulfonamides is 1. The fraction of sp³-hybridized carbons (Fsp3) is 0.875. The fourth-order valence-corrected chi connectivity index (χ4v) is 2.73. The molecule has 0 amide bonds. The smallest absolute Gasteiger partial charge is 0.211 e. The largest absolute Gasteiger partial charge is 0.227 e. The molecule has 0 aliphatic carbocycles. The van der Waals surface area contributed by atoms with Crippen LogP contribution in [0.5, 0.6) is 0 Å². The van der Waals surface area contributed by atoms with Crippen molar-refractivity contribution in [2.75, 3.05) is 18.8 Å². The summed E-state index contributed by atoms with van der Waals surface area (Å²) in [5.41, 5.74) is 0.0581. The van der Waals surface area contributed by atoms with Crippen LogP contribution in [0.25, 0.3) is 0 Å². The zero-order chi connectivity index (χ0) is 10.1. The van der Waals surface area contributed by atoms with Crippen LogP contribution < -0.4 is 0 Å². The Hall–Kier alpha value is -0.600. The van der Waals surface area contributed by atoms with Crippen LogP contribution in [0.4, 0.5) is 0 Å². The van der Waals surface area contributed by atoms with Crippen molar-refractivity contribution in [2.24, 2.45) is 5.41 Å². The highest BCUT2D eigenvalue weighted by Gasteiger charge is 2.35. The van der Waals surface area contributed by atoms with E-state index in [-0.39, 0.29) is 5.41 Å². The van der Waals surface area contributed by atoms with Gasteiger partial charge in [-0.1, -0.05) is 13.8 Å². The van der Waals surface area contributed by atoms with Crippen LogP contribution in [0.3, 0.4) is 0 Å². The van der Waals surface area contributed by atoms with E-state index in [4.69, 9.17) is 5.26 Å². The molecule has 5 heteroatoms. The third-order valence-corrected chi connectivity index (χ3v) is 3.88. The molecule has 1 fully saturated rings. The summed E-state index contributed by atoms with van der Waals surface area (Å²) < 4.78 is 24.3. The minimum absolute atomic E-state index is 0.0581. The lowest BCUT2D eigenvalue weighted by molar-refractivity contribution is 0.376. The van der Waals surface area contributed by atoms with Gasteiger partial charge in [-0.25, -0.2) is 12.7 Å². The summed E-state index contributed by atoms with van der Waals surface area (Å²) in [5.74, 6) is -0.400. The molecule has 0 atom stereocenters. The maximum Gasteiger partial charge on any atom is 0.227 e. The number of nitriles is 1. The first-order valence-corrected chi connectivity index (χ1v) is 5.83. The van der Waals surface area contributed by atoms with Crippen LogP contribution in [-0.4, -0.2) is 31.6 Å². The van der Waals surface area contributed by atoms with E-state index in [0.717, 1.165) is 6.42 Å². The van der Waals surface area contributed by atoms with Crippen molar-refractivity contribution in [1.82, 2.24) is 4.31 Å². The summed E-state index contributed by atoms with van der Waals surface area (Å²) in [4.78, 5) is 0. The number of hydrogen-bond acceptors (Lipinski definition) is 3. The molecule has 0 aromatic carbocycles. The molecule has 1 saturated heterocycles. The SMILES string of the molecule is CC1(C)CCN(S(=O)(=O)CC#N)C1. The molecule has 1 heterocycles. The standard InChI is InChI=1S/C8H14N2O2S/c1-8(2)3-5-10(7-8)13(11,12)6-4-9/h3,5-7H2,1-2H3. The summed E-state index contributed by atoms with van der Waals surface area (Å²) in [7, 11) is -3.31. The van der Waals surface area contributed by atoms with Crippen molar-refractivity contribution in [3.05, 3.63) is 0 Å². The third kappa shape index (κ3) is 2.42. The van der Waals surface area contributed by atoms with Crippen LogP contribution in [0.1, 0.15) is 20.3 Å². The number of hydrogen-bond donors (Lipinski definition) is 0. The molecule has 0 saturated carbocycles. The third-order valence-electron chi connectivity index (χ3n) is 2.28. The van der Waals surface area contributed by atoms with E-state index in [1.54, 1.807) is 6.07 Å². The maximum absolute atomic E-state index is 11.4. The Morgan fingerprint density at radius 2 is 2.15 bits per heavy atom. The Morgan fingerprint density at radius 1 is 1.54 bits per heavy atom. The summed E-state index contributed by atoms with van der Waals surface area (Å²) in [6.07, 6.45) is 0.873. The highest BCUT2D eigenvalue weighted by Crippen LogP contribution is 2.30. The van der Waals surface area contributed by atoms with Gasteiger partial charge in [0.05, 0.1) is 6.07 Å². The quantitative estimate of drug-likeness (QED) is 0.657. The average molecular weight is 202 g/mol. The molecule has 1 aliphatic heterocycles. The van der Waals surface area contributed by atoms with Crippen molar-refractivity contribution < 1.29 is 8.42 Å². The fourth-order valence-electron chi connectivity index (χ4n) is 1.47. The van der Waals surface area contributed by atoms with E-state index >= 15 is 0 Å². The first-order chi connectivity index (χ1) is 5.87. The predicted octanol–water partition coefficient (Wildman–Crippen LogP) is 0.572. The zero-order valence-corrected chi connectivity index (χ0v) is 8.76. The predicted molar refractivity (Wildman–Crippen MR) is 49.4 cm³/mol. The lowest BCUT2D eigenvalue weighted by Gasteiger charge is -2.18. The Labute approximate surface area is 79.2 Å². The van der Waals surface area contributed by atoms with Crippen LogP contribution in [0.15, 0.2) is 0 Å². The van der Waals surface area contributed by atoms with Crippen molar-refractivity contribution >= 4 is 10.0 Å². The molecule has 0 radical (unpaired) electrons. The van der Waals surface area contributed by atoms with Crippen molar-refractivity contribution in [3.63, 3.8) is 0 Å². The summed E-state index contributed by atoms with van der Waals surface area (Å²) >= 11 is 0. The van der Waals surface area contributed by atoms with E-state index in [0.29, 0.717) is 13.1 Å². The molecule has 0 bridgehead atoms. The summed E-state index contributed by atoms with van der Waals surface area (Å²) in [6, 6.07) is 1.68. The first kappa shape index (κ1) is 10.5. The second kappa shape index (κ2) is 3.28. The van der Waals surface area contributed by atoms with Crippen LogP contribution in [0, 0.1) is 16.7 Å². The van der Waals surface area contributed by atoms with Crippen LogP contribution >= 0.6 is 0 Å². The monoisotopic (exact) mass is 202 g/mol. The topological polar surface area (TPSA) is 61.2 Å². The van der Waals surface area contributed by atoms with Gasteiger partial charge in [0.25, 0.3) is 0 Å². The second-order valence-electron chi connectivity index (χ2n) is 4.16. The molecule has 74 valence electrons. The van der Waals surface area contributed by atoms with Crippen molar-refractivity contribution in [3.8, 4) is 6.07 Å². The van der Waals surface area contributed by atoms with Crippen molar-refractivity contribution in [2.45, 2.75) is 20.3 Å². The Balaban J connectivity index is 2.73. The van der Waals surface area contributed by atoms with Crippen LogP contribution in [-0.2, 0) is 10.0 Å². The van der Waals surface area contributed by atoms with Gasteiger partial charge in [-0.3, -0.25) is 0 Å². The highest BCUT2D eigenvalue weighted by atomic mass is 32.2. The number of rotatable bonds is 2. The minimum Gasteiger partial charge on any atom is -0.211 e.